The molecule has 15 heavy (non-hydrogen) atoms. The average molecular weight is 296 g/mol. The molecule has 1 rings (SSSR count). The van der Waals surface area contributed by atoms with Crippen molar-refractivity contribution in [3.8, 4) is 0 Å². The highest BCUT2D eigenvalue weighted by atomic mass is 79.9. The molecule has 3 nitrogen and oxygen atoms in total. The molecule has 1 heterocycles. The van der Waals surface area contributed by atoms with Gasteiger partial charge in [0.2, 0.25) is 5.91 Å². The average Bonchev–Trinajstić information content (AvgIpc) is 2.76. The summed E-state index contributed by atoms with van der Waals surface area (Å²) >= 11 is 5.06. The Hall–Kier alpha value is 0.260. The second-order valence-electron chi connectivity index (χ2n) is 3.45. The predicted molar refractivity (Wildman–Crippen MR) is 67.7 cm³/mol. The highest BCUT2D eigenvalue weighted by molar-refractivity contribution is 9.09. The molecule has 0 aliphatic carbocycles. The summed E-state index contributed by atoms with van der Waals surface area (Å²) in [4.78, 5) is 11.6. The minimum atomic E-state index is 0.202. The topological polar surface area (TPSA) is 38.3 Å². The number of nitrogens with one attached hydrogen (secondary N) is 1. The van der Waals surface area contributed by atoms with Crippen LogP contribution >= 0.6 is 27.7 Å². The van der Waals surface area contributed by atoms with Gasteiger partial charge < -0.3 is 10.1 Å². The van der Waals surface area contributed by atoms with Gasteiger partial charge in [0.25, 0.3) is 0 Å². The second-order valence-corrected chi connectivity index (χ2v) is 5.55. The third-order valence-corrected chi connectivity index (χ3v) is 3.91. The van der Waals surface area contributed by atoms with Gasteiger partial charge in [-0.3, -0.25) is 4.79 Å². The predicted octanol–water partition coefficient (Wildman–Crippen LogP) is 1.80. The number of amides is 1. The van der Waals surface area contributed by atoms with Crippen molar-refractivity contribution in [2.75, 3.05) is 30.8 Å². The number of rotatable bonds is 7. The first-order chi connectivity index (χ1) is 7.34. The van der Waals surface area contributed by atoms with Gasteiger partial charge >= 0.3 is 0 Å². The van der Waals surface area contributed by atoms with E-state index in [2.05, 4.69) is 21.2 Å². The summed E-state index contributed by atoms with van der Waals surface area (Å²) in [6.45, 7) is 2.20. The number of halogens is 1. The molecule has 1 unspecified atom stereocenters. The molecule has 0 aromatic rings. The molecule has 0 spiro atoms. The van der Waals surface area contributed by atoms with E-state index in [4.69, 9.17) is 4.74 Å². The van der Waals surface area contributed by atoms with Crippen LogP contribution < -0.4 is 5.32 Å². The van der Waals surface area contributed by atoms with Crippen LogP contribution in [0.25, 0.3) is 0 Å². The lowest BCUT2D eigenvalue weighted by Gasteiger charge is -2.09. The summed E-state index contributed by atoms with van der Waals surface area (Å²) in [5, 5.41) is 4.03. The first-order valence-electron chi connectivity index (χ1n) is 5.37. The van der Waals surface area contributed by atoms with Gasteiger partial charge in [0, 0.05) is 18.5 Å². The van der Waals surface area contributed by atoms with Crippen LogP contribution in [0.5, 0.6) is 0 Å². The Labute approximate surface area is 104 Å². The zero-order chi connectivity index (χ0) is 10.9. The molecule has 0 bridgehead atoms. The highest BCUT2D eigenvalue weighted by Gasteiger charge is 2.22. The van der Waals surface area contributed by atoms with Gasteiger partial charge in [0.05, 0.1) is 11.9 Å². The van der Waals surface area contributed by atoms with Crippen LogP contribution in [0.2, 0.25) is 0 Å². The van der Waals surface area contributed by atoms with Crippen molar-refractivity contribution in [1.29, 1.82) is 0 Å². The number of ether oxygens (including phenoxy) is 1. The number of carbonyl (C=O) groups is 1. The van der Waals surface area contributed by atoms with Crippen molar-refractivity contribution in [3.05, 3.63) is 0 Å². The summed E-state index contributed by atoms with van der Waals surface area (Å²) in [5.74, 6) is 1.34. The fourth-order valence-corrected chi connectivity index (χ4v) is 2.86. The Bertz CT molecular complexity index is 186. The first kappa shape index (κ1) is 13.3. The molecule has 1 fully saturated rings. The molecule has 1 N–H and O–H groups in total. The minimum Gasteiger partial charge on any atom is -0.381 e. The molecule has 5 heteroatoms. The van der Waals surface area contributed by atoms with E-state index in [1.54, 1.807) is 11.8 Å². The third kappa shape index (κ3) is 5.78. The first-order valence-corrected chi connectivity index (χ1v) is 7.54. The van der Waals surface area contributed by atoms with Crippen molar-refractivity contribution < 1.29 is 9.53 Å². The molecule has 1 amide bonds. The molecular weight excluding hydrogens is 278 g/mol. The van der Waals surface area contributed by atoms with Crippen molar-refractivity contribution in [2.45, 2.75) is 24.5 Å². The summed E-state index contributed by atoms with van der Waals surface area (Å²) in [5.41, 5.74) is 0. The van der Waals surface area contributed by atoms with Crippen molar-refractivity contribution in [3.63, 3.8) is 0 Å². The largest absolute Gasteiger partial charge is 0.381 e. The van der Waals surface area contributed by atoms with Crippen molar-refractivity contribution in [1.82, 2.24) is 5.32 Å². The molecule has 1 saturated heterocycles. The molecule has 1 aliphatic heterocycles. The van der Waals surface area contributed by atoms with Gasteiger partial charge in [0.1, 0.15) is 0 Å². The van der Waals surface area contributed by atoms with Gasteiger partial charge in [-0.2, -0.15) is 0 Å². The minimum absolute atomic E-state index is 0.202. The van der Waals surface area contributed by atoms with E-state index in [0.29, 0.717) is 0 Å². The highest BCUT2D eigenvalue weighted by Crippen LogP contribution is 2.25. The molecule has 0 aromatic heterocycles. The molecule has 88 valence electrons. The molecular formula is C10H18BrNO2S. The van der Waals surface area contributed by atoms with Crippen LogP contribution in [-0.4, -0.2) is 42.0 Å². The van der Waals surface area contributed by atoms with Crippen LogP contribution in [0.1, 0.15) is 19.3 Å². The van der Waals surface area contributed by atoms with Gasteiger partial charge in [-0.05, 0) is 25.0 Å². The van der Waals surface area contributed by atoms with Gasteiger partial charge in [-0.1, -0.05) is 15.9 Å². The van der Waals surface area contributed by atoms with E-state index in [1.165, 1.54) is 6.42 Å². The van der Waals surface area contributed by atoms with E-state index >= 15 is 0 Å². The Balaban J connectivity index is 1.92. The number of hydrogen-bond donors (Lipinski definition) is 1. The van der Waals surface area contributed by atoms with E-state index in [1.807, 2.05) is 0 Å². The Morgan fingerprint density at radius 2 is 2.40 bits per heavy atom. The number of thioether (sulfide) groups is 1. The second kappa shape index (κ2) is 8.42. The number of hydrogen-bond acceptors (Lipinski definition) is 3. The number of alkyl halides is 1. The molecule has 0 aromatic carbocycles. The zero-order valence-corrected chi connectivity index (χ0v) is 11.2. The Morgan fingerprint density at radius 1 is 1.53 bits per heavy atom. The lowest BCUT2D eigenvalue weighted by atomic mass is 10.2. The maximum Gasteiger partial charge on any atom is 0.233 e. The van der Waals surface area contributed by atoms with Crippen molar-refractivity contribution >= 4 is 33.6 Å². The lowest BCUT2D eigenvalue weighted by Crippen LogP contribution is -2.32. The Morgan fingerprint density at radius 3 is 3.07 bits per heavy atom. The standard InChI is InChI=1S/C10H18BrNO2S/c11-4-7-14-6-2-5-12-10(13)9-3-1-8-15-9/h9H,1-8H2,(H,12,13). The molecule has 1 aliphatic rings. The van der Waals surface area contributed by atoms with Crippen LogP contribution in [0.4, 0.5) is 0 Å². The van der Waals surface area contributed by atoms with E-state index in [0.717, 1.165) is 43.7 Å². The summed E-state index contributed by atoms with van der Waals surface area (Å²) in [6.07, 6.45) is 3.11. The lowest BCUT2D eigenvalue weighted by molar-refractivity contribution is -0.120. The van der Waals surface area contributed by atoms with E-state index in [-0.39, 0.29) is 11.2 Å². The van der Waals surface area contributed by atoms with Gasteiger partial charge in [0.15, 0.2) is 0 Å². The summed E-state index contributed by atoms with van der Waals surface area (Å²) < 4.78 is 5.29. The van der Waals surface area contributed by atoms with Gasteiger partial charge in [-0.25, -0.2) is 0 Å². The number of carbonyl (C=O) groups excluding carboxylic acids is 1. The smallest absolute Gasteiger partial charge is 0.233 e. The van der Waals surface area contributed by atoms with Crippen LogP contribution in [0, 0.1) is 0 Å². The normalized spacial score (nSPS) is 20.5. The summed E-state index contributed by atoms with van der Waals surface area (Å²) in [6, 6.07) is 0. The third-order valence-electron chi connectivity index (χ3n) is 2.21. The van der Waals surface area contributed by atoms with Crippen LogP contribution in [-0.2, 0) is 9.53 Å². The fourth-order valence-electron chi connectivity index (χ4n) is 1.44. The zero-order valence-electron chi connectivity index (χ0n) is 8.84. The van der Waals surface area contributed by atoms with Crippen molar-refractivity contribution in [2.24, 2.45) is 0 Å². The fraction of sp³-hybridized carbons (Fsp3) is 0.900. The van der Waals surface area contributed by atoms with Gasteiger partial charge in [-0.15, -0.1) is 11.8 Å². The monoisotopic (exact) mass is 295 g/mol. The quantitative estimate of drug-likeness (QED) is 0.575. The maximum absolute atomic E-state index is 11.6. The van der Waals surface area contributed by atoms with E-state index < -0.39 is 0 Å². The maximum atomic E-state index is 11.6. The molecule has 0 radical (unpaired) electrons. The molecule has 1 atom stereocenters. The van der Waals surface area contributed by atoms with Crippen LogP contribution in [0.15, 0.2) is 0 Å². The SMILES string of the molecule is O=C(NCCCOCCBr)C1CCCS1. The summed E-state index contributed by atoms with van der Waals surface area (Å²) in [7, 11) is 0. The van der Waals surface area contributed by atoms with Crippen LogP contribution in [0.3, 0.4) is 0 Å². The van der Waals surface area contributed by atoms with E-state index in [9.17, 15) is 4.79 Å². The molecule has 0 saturated carbocycles. The Kier molecular flexibility index (Phi) is 7.48.